The lowest BCUT2D eigenvalue weighted by molar-refractivity contribution is 0.0463. The van der Waals surface area contributed by atoms with Crippen molar-refractivity contribution in [2.75, 3.05) is 39.9 Å². The van der Waals surface area contributed by atoms with E-state index in [9.17, 15) is 4.79 Å². The minimum Gasteiger partial charge on any atom is -0.409 e. The van der Waals surface area contributed by atoms with Crippen LogP contribution >= 0.6 is 0 Å². The number of likely N-dealkylation sites (N-methyl/N-ethyl adjacent to an activating group) is 1. The average Bonchev–Trinajstić information content (AvgIpc) is 2.29. The highest BCUT2D eigenvalue weighted by molar-refractivity contribution is 5.86. The van der Waals surface area contributed by atoms with E-state index in [1.165, 1.54) is 4.90 Å². The maximum Gasteiger partial charge on any atom is 0.320 e. The van der Waals surface area contributed by atoms with E-state index in [-0.39, 0.29) is 18.4 Å². The van der Waals surface area contributed by atoms with Gasteiger partial charge in [0, 0.05) is 20.1 Å². The first-order valence-electron chi connectivity index (χ1n) is 4.69. The third kappa shape index (κ3) is 3.28. The Labute approximate surface area is 88.1 Å². The van der Waals surface area contributed by atoms with Crippen LogP contribution in [0, 0.1) is 0 Å². The van der Waals surface area contributed by atoms with Gasteiger partial charge < -0.3 is 25.5 Å². The first-order chi connectivity index (χ1) is 7.15. The van der Waals surface area contributed by atoms with Crippen molar-refractivity contribution in [3.63, 3.8) is 0 Å². The molecule has 1 aliphatic heterocycles. The largest absolute Gasteiger partial charge is 0.409 e. The van der Waals surface area contributed by atoms with Gasteiger partial charge in [-0.05, 0) is 0 Å². The molecule has 0 unspecified atom stereocenters. The topological polar surface area (TPSA) is 91.4 Å². The minimum atomic E-state index is -0.134. The highest BCUT2D eigenvalue weighted by Gasteiger charge is 2.20. The van der Waals surface area contributed by atoms with Crippen molar-refractivity contribution in [1.29, 1.82) is 0 Å². The Morgan fingerprint density at radius 1 is 1.60 bits per heavy atom. The molecule has 1 fully saturated rings. The van der Waals surface area contributed by atoms with Crippen LogP contribution in [-0.4, -0.2) is 66.8 Å². The SMILES string of the molecule is CN(CC(N)=NO)C(=O)N1CCOCC1. The number of hydrogen-bond acceptors (Lipinski definition) is 4. The predicted octanol–water partition coefficient (Wildman–Crippen LogP) is -0.883. The highest BCUT2D eigenvalue weighted by Crippen LogP contribution is 2.01. The quantitative estimate of drug-likeness (QED) is 0.271. The zero-order valence-corrected chi connectivity index (χ0v) is 8.72. The molecule has 1 heterocycles. The molecule has 0 radical (unpaired) electrons. The molecule has 1 rings (SSSR count). The molecule has 15 heavy (non-hydrogen) atoms. The number of rotatable bonds is 2. The van der Waals surface area contributed by atoms with Crippen LogP contribution in [0.15, 0.2) is 5.16 Å². The minimum absolute atomic E-state index is 0.0131. The molecule has 0 aliphatic carbocycles. The van der Waals surface area contributed by atoms with Gasteiger partial charge in [0.05, 0.1) is 19.8 Å². The molecule has 1 saturated heterocycles. The number of oxime groups is 1. The number of urea groups is 1. The number of carbonyl (C=O) groups excluding carboxylic acids is 1. The number of carbonyl (C=O) groups is 1. The molecule has 0 spiro atoms. The van der Waals surface area contributed by atoms with E-state index in [1.807, 2.05) is 0 Å². The number of morpholine rings is 1. The van der Waals surface area contributed by atoms with Gasteiger partial charge in [0.15, 0.2) is 5.84 Å². The van der Waals surface area contributed by atoms with Crippen LogP contribution in [0.2, 0.25) is 0 Å². The van der Waals surface area contributed by atoms with Crippen molar-refractivity contribution in [1.82, 2.24) is 9.80 Å². The lowest BCUT2D eigenvalue weighted by Gasteiger charge is -2.30. The van der Waals surface area contributed by atoms with Crippen molar-refractivity contribution < 1.29 is 14.7 Å². The van der Waals surface area contributed by atoms with Crippen LogP contribution < -0.4 is 5.73 Å². The summed E-state index contributed by atoms with van der Waals surface area (Å²) in [5.74, 6) is 0.0131. The summed E-state index contributed by atoms with van der Waals surface area (Å²) in [6.45, 7) is 2.40. The maximum atomic E-state index is 11.8. The van der Waals surface area contributed by atoms with Crippen molar-refractivity contribution in [2.24, 2.45) is 10.9 Å². The van der Waals surface area contributed by atoms with Crippen LogP contribution in [-0.2, 0) is 4.74 Å². The van der Waals surface area contributed by atoms with Crippen LogP contribution in [0.4, 0.5) is 4.79 Å². The molecule has 0 aromatic heterocycles. The summed E-state index contributed by atoms with van der Waals surface area (Å²) in [6, 6.07) is -0.134. The molecule has 2 amide bonds. The van der Waals surface area contributed by atoms with Gasteiger partial charge in [-0.25, -0.2) is 4.79 Å². The van der Waals surface area contributed by atoms with Gasteiger partial charge in [0.1, 0.15) is 0 Å². The Kier molecular flexibility index (Phi) is 4.17. The molecule has 0 bridgehead atoms. The van der Waals surface area contributed by atoms with E-state index in [1.54, 1.807) is 11.9 Å². The fourth-order valence-electron chi connectivity index (χ4n) is 1.34. The Morgan fingerprint density at radius 2 is 2.20 bits per heavy atom. The monoisotopic (exact) mass is 216 g/mol. The number of ether oxygens (including phenoxy) is 1. The smallest absolute Gasteiger partial charge is 0.320 e. The standard InChI is InChI=1S/C8H16N4O3/c1-11(6-7(9)10-14)8(13)12-2-4-15-5-3-12/h14H,2-6H2,1H3,(H2,9,10). The zero-order valence-electron chi connectivity index (χ0n) is 8.72. The zero-order chi connectivity index (χ0) is 11.3. The number of nitrogens with zero attached hydrogens (tertiary/aromatic N) is 3. The number of amidine groups is 1. The third-order valence-corrected chi connectivity index (χ3v) is 2.14. The molecule has 0 saturated carbocycles. The lowest BCUT2D eigenvalue weighted by Crippen LogP contribution is -2.48. The van der Waals surface area contributed by atoms with Gasteiger partial charge in [-0.3, -0.25) is 0 Å². The van der Waals surface area contributed by atoms with Crippen LogP contribution in [0.3, 0.4) is 0 Å². The van der Waals surface area contributed by atoms with Crippen molar-refractivity contribution >= 4 is 11.9 Å². The van der Waals surface area contributed by atoms with Crippen molar-refractivity contribution in [3.05, 3.63) is 0 Å². The molecule has 0 aromatic carbocycles. The van der Waals surface area contributed by atoms with Crippen LogP contribution in [0.1, 0.15) is 0 Å². The summed E-state index contributed by atoms with van der Waals surface area (Å²) in [4.78, 5) is 14.8. The first-order valence-corrected chi connectivity index (χ1v) is 4.69. The molecule has 1 aliphatic rings. The molecule has 7 nitrogen and oxygen atoms in total. The highest BCUT2D eigenvalue weighted by atomic mass is 16.5. The van der Waals surface area contributed by atoms with Gasteiger partial charge in [-0.15, -0.1) is 0 Å². The molecule has 3 N–H and O–H groups in total. The molecule has 0 atom stereocenters. The summed E-state index contributed by atoms with van der Waals surface area (Å²) in [7, 11) is 1.61. The maximum absolute atomic E-state index is 11.8. The molecular formula is C8H16N4O3. The Morgan fingerprint density at radius 3 is 2.73 bits per heavy atom. The number of hydrogen-bond donors (Lipinski definition) is 2. The lowest BCUT2D eigenvalue weighted by atomic mass is 10.4. The third-order valence-electron chi connectivity index (χ3n) is 2.14. The number of amides is 2. The fraction of sp³-hybridized carbons (Fsp3) is 0.750. The average molecular weight is 216 g/mol. The second-order valence-electron chi connectivity index (χ2n) is 3.33. The molecule has 7 heteroatoms. The van der Waals surface area contributed by atoms with E-state index in [2.05, 4.69) is 5.16 Å². The van der Waals surface area contributed by atoms with E-state index in [4.69, 9.17) is 15.7 Å². The van der Waals surface area contributed by atoms with Crippen molar-refractivity contribution in [2.45, 2.75) is 0 Å². The summed E-state index contributed by atoms with van der Waals surface area (Å²) in [6.07, 6.45) is 0. The van der Waals surface area contributed by atoms with Gasteiger partial charge in [0.2, 0.25) is 0 Å². The summed E-state index contributed by atoms with van der Waals surface area (Å²) in [5.41, 5.74) is 5.30. The van der Waals surface area contributed by atoms with E-state index in [0.717, 1.165) is 0 Å². The van der Waals surface area contributed by atoms with E-state index < -0.39 is 0 Å². The van der Waals surface area contributed by atoms with E-state index in [0.29, 0.717) is 26.3 Å². The Balaban J connectivity index is 2.44. The predicted molar refractivity (Wildman–Crippen MR) is 53.8 cm³/mol. The normalized spacial score (nSPS) is 17.7. The van der Waals surface area contributed by atoms with Crippen LogP contribution in [0.5, 0.6) is 0 Å². The van der Waals surface area contributed by atoms with Crippen LogP contribution in [0.25, 0.3) is 0 Å². The second kappa shape index (κ2) is 5.40. The Bertz CT molecular complexity index is 250. The molecule has 0 aromatic rings. The Hall–Kier alpha value is -1.50. The van der Waals surface area contributed by atoms with Gasteiger partial charge in [-0.1, -0.05) is 5.16 Å². The van der Waals surface area contributed by atoms with Gasteiger partial charge in [-0.2, -0.15) is 0 Å². The fourth-order valence-corrected chi connectivity index (χ4v) is 1.34. The number of nitrogens with two attached hydrogens (primary N) is 1. The second-order valence-corrected chi connectivity index (χ2v) is 3.33. The summed E-state index contributed by atoms with van der Waals surface area (Å²) < 4.78 is 5.13. The summed E-state index contributed by atoms with van der Waals surface area (Å²) in [5, 5.41) is 11.2. The van der Waals surface area contributed by atoms with E-state index >= 15 is 0 Å². The van der Waals surface area contributed by atoms with Gasteiger partial charge in [0.25, 0.3) is 0 Å². The first kappa shape index (κ1) is 11.6. The molecular weight excluding hydrogens is 200 g/mol. The summed E-state index contributed by atoms with van der Waals surface area (Å²) >= 11 is 0. The van der Waals surface area contributed by atoms with Crippen molar-refractivity contribution in [3.8, 4) is 0 Å². The molecule has 86 valence electrons. The van der Waals surface area contributed by atoms with Gasteiger partial charge >= 0.3 is 6.03 Å².